The molecule has 2 nitrogen and oxygen atoms in total. The van der Waals surface area contributed by atoms with Crippen LogP contribution >= 0.6 is 0 Å². The molecule has 0 aliphatic heterocycles. The molecule has 1 fully saturated rings. The number of carbonyl (C=O) groups is 1. The van der Waals surface area contributed by atoms with E-state index < -0.39 is 0 Å². The third kappa shape index (κ3) is 4.13. The highest BCUT2D eigenvalue weighted by Crippen LogP contribution is 2.29. The average Bonchev–Trinajstić information content (AvgIpc) is 3.21. The first kappa shape index (κ1) is 14.2. The Labute approximate surface area is 114 Å². The molecule has 0 saturated heterocycles. The van der Waals surface area contributed by atoms with Gasteiger partial charge in [0.25, 0.3) is 0 Å². The van der Waals surface area contributed by atoms with E-state index in [9.17, 15) is 9.18 Å². The number of aryl methyl sites for hydroxylation is 1. The number of carbonyl (C=O) groups excluding carboxylic acids is 1. The molecule has 0 unspecified atom stereocenters. The number of benzene rings is 1. The summed E-state index contributed by atoms with van der Waals surface area (Å²) in [5.41, 5.74) is 1.08. The van der Waals surface area contributed by atoms with E-state index >= 15 is 0 Å². The standard InChI is InChI=1S/C16H22FNO/c1-3-18(11-13-5-6-13)9-8-16(19)14-7-4-12(2)15(17)10-14/h4,7,10,13H,3,5-6,8-9,11H2,1-2H3. The lowest BCUT2D eigenvalue weighted by Crippen LogP contribution is -2.28. The zero-order valence-corrected chi connectivity index (χ0v) is 11.8. The fourth-order valence-corrected chi connectivity index (χ4v) is 2.21. The molecule has 19 heavy (non-hydrogen) atoms. The van der Waals surface area contributed by atoms with Gasteiger partial charge in [-0.05, 0) is 43.9 Å². The van der Waals surface area contributed by atoms with Crippen LogP contribution in [0.3, 0.4) is 0 Å². The van der Waals surface area contributed by atoms with Gasteiger partial charge in [0.1, 0.15) is 5.82 Å². The van der Waals surface area contributed by atoms with E-state index in [1.807, 2.05) is 0 Å². The van der Waals surface area contributed by atoms with E-state index in [0.717, 1.165) is 25.6 Å². The van der Waals surface area contributed by atoms with Crippen LogP contribution in [0.5, 0.6) is 0 Å². The first-order valence-corrected chi connectivity index (χ1v) is 7.12. The van der Waals surface area contributed by atoms with Gasteiger partial charge in [0.05, 0.1) is 0 Å². The predicted molar refractivity (Wildman–Crippen MR) is 74.9 cm³/mol. The van der Waals surface area contributed by atoms with Crippen molar-refractivity contribution in [3.8, 4) is 0 Å². The largest absolute Gasteiger partial charge is 0.303 e. The fourth-order valence-electron chi connectivity index (χ4n) is 2.21. The zero-order chi connectivity index (χ0) is 13.8. The summed E-state index contributed by atoms with van der Waals surface area (Å²) in [5, 5.41) is 0. The number of hydrogen-bond donors (Lipinski definition) is 0. The van der Waals surface area contributed by atoms with Crippen molar-refractivity contribution in [3.63, 3.8) is 0 Å². The monoisotopic (exact) mass is 263 g/mol. The van der Waals surface area contributed by atoms with Gasteiger partial charge in [-0.1, -0.05) is 19.1 Å². The summed E-state index contributed by atoms with van der Waals surface area (Å²) in [4.78, 5) is 14.4. The fraction of sp³-hybridized carbons (Fsp3) is 0.562. The van der Waals surface area contributed by atoms with Crippen LogP contribution in [-0.4, -0.2) is 30.3 Å². The Balaban J connectivity index is 1.86. The van der Waals surface area contributed by atoms with Crippen LogP contribution in [0.25, 0.3) is 0 Å². The van der Waals surface area contributed by atoms with Crippen molar-refractivity contribution in [2.24, 2.45) is 5.92 Å². The third-order valence-electron chi connectivity index (χ3n) is 3.81. The van der Waals surface area contributed by atoms with E-state index in [0.29, 0.717) is 17.5 Å². The van der Waals surface area contributed by atoms with Crippen LogP contribution in [0.15, 0.2) is 18.2 Å². The van der Waals surface area contributed by atoms with Crippen molar-refractivity contribution >= 4 is 5.78 Å². The molecule has 2 rings (SSSR count). The molecule has 3 heteroatoms. The molecule has 0 radical (unpaired) electrons. The van der Waals surface area contributed by atoms with Crippen molar-refractivity contribution in [2.75, 3.05) is 19.6 Å². The summed E-state index contributed by atoms with van der Waals surface area (Å²) in [5.74, 6) is 0.580. The highest BCUT2D eigenvalue weighted by molar-refractivity contribution is 5.96. The molecule has 0 bridgehead atoms. The molecule has 1 aromatic rings. The SMILES string of the molecule is CCN(CCC(=O)c1ccc(C)c(F)c1)CC1CC1. The van der Waals surface area contributed by atoms with Crippen LogP contribution in [-0.2, 0) is 0 Å². The first-order valence-electron chi connectivity index (χ1n) is 7.12. The van der Waals surface area contributed by atoms with Gasteiger partial charge in [-0.15, -0.1) is 0 Å². The van der Waals surface area contributed by atoms with Gasteiger partial charge < -0.3 is 4.90 Å². The molecule has 1 saturated carbocycles. The number of rotatable bonds is 7. The van der Waals surface area contributed by atoms with Gasteiger partial charge in [-0.3, -0.25) is 4.79 Å². The molecule has 0 aromatic heterocycles. The van der Waals surface area contributed by atoms with Crippen LogP contribution in [0.1, 0.15) is 42.1 Å². The maximum absolute atomic E-state index is 13.4. The van der Waals surface area contributed by atoms with Crippen molar-refractivity contribution < 1.29 is 9.18 Å². The summed E-state index contributed by atoms with van der Waals surface area (Å²) in [6.07, 6.45) is 3.13. The molecule has 0 heterocycles. The van der Waals surface area contributed by atoms with Crippen LogP contribution in [0, 0.1) is 18.7 Å². The van der Waals surface area contributed by atoms with Crippen LogP contribution < -0.4 is 0 Å². The second kappa shape index (κ2) is 6.29. The average molecular weight is 263 g/mol. The van der Waals surface area contributed by atoms with E-state index in [1.165, 1.54) is 18.9 Å². The van der Waals surface area contributed by atoms with E-state index in [-0.39, 0.29) is 11.6 Å². The van der Waals surface area contributed by atoms with E-state index in [2.05, 4.69) is 11.8 Å². The number of hydrogen-bond acceptors (Lipinski definition) is 2. The quantitative estimate of drug-likeness (QED) is 0.702. The lowest BCUT2D eigenvalue weighted by Gasteiger charge is -2.19. The maximum Gasteiger partial charge on any atom is 0.164 e. The van der Waals surface area contributed by atoms with E-state index in [4.69, 9.17) is 0 Å². The van der Waals surface area contributed by atoms with Gasteiger partial charge in [-0.2, -0.15) is 0 Å². The Morgan fingerprint density at radius 3 is 2.74 bits per heavy atom. The number of halogens is 1. The maximum atomic E-state index is 13.4. The summed E-state index contributed by atoms with van der Waals surface area (Å²) < 4.78 is 13.4. The molecular formula is C16H22FNO. The van der Waals surface area contributed by atoms with Gasteiger partial charge >= 0.3 is 0 Å². The van der Waals surface area contributed by atoms with E-state index in [1.54, 1.807) is 19.1 Å². The summed E-state index contributed by atoms with van der Waals surface area (Å²) >= 11 is 0. The zero-order valence-electron chi connectivity index (χ0n) is 11.8. The highest BCUT2D eigenvalue weighted by Gasteiger charge is 2.23. The predicted octanol–water partition coefficient (Wildman–Crippen LogP) is 3.44. The molecule has 0 atom stereocenters. The van der Waals surface area contributed by atoms with Crippen molar-refractivity contribution in [3.05, 3.63) is 35.1 Å². The normalized spacial score (nSPS) is 14.9. The lowest BCUT2D eigenvalue weighted by atomic mass is 10.1. The molecule has 104 valence electrons. The van der Waals surface area contributed by atoms with Gasteiger partial charge in [-0.25, -0.2) is 4.39 Å². The summed E-state index contributed by atoms with van der Waals surface area (Å²) in [6, 6.07) is 4.75. The Morgan fingerprint density at radius 2 is 2.16 bits per heavy atom. The Kier molecular flexibility index (Phi) is 4.70. The van der Waals surface area contributed by atoms with Crippen molar-refractivity contribution in [1.29, 1.82) is 0 Å². The topological polar surface area (TPSA) is 20.3 Å². The number of ketones is 1. The van der Waals surface area contributed by atoms with Crippen LogP contribution in [0.2, 0.25) is 0 Å². The highest BCUT2D eigenvalue weighted by atomic mass is 19.1. The lowest BCUT2D eigenvalue weighted by molar-refractivity contribution is 0.0963. The number of nitrogens with zero attached hydrogens (tertiary/aromatic N) is 1. The molecule has 1 aliphatic rings. The Hall–Kier alpha value is -1.22. The molecule has 0 N–H and O–H groups in total. The molecule has 0 amide bonds. The van der Waals surface area contributed by atoms with Gasteiger partial charge in [0.2, 0.25) is 0 Å². The van der Waals surface area contributed by atoms with Gasteiger partial charge in [0, 0.05) is 25.1 Å². The second-order valence-electron chi connectivity index (χ2n) is 5.47. The van der Waals surface area contributed by atoms with Crippen molar-refractivity contribution in [2.45, 2.75) is 33.1 Å². The molecule has 1 aromatic carbocycles. The summed E-state index contributed by atoms with van der Waals surface area (Å²) in [6.45, 7) is 6.69. The Morgan fingerprint density at radius 1 is 1.42 bits per heavy atom. The molecule has 1 aliphatic carbocycles. The van der Waals surface area contributed by atoms with Gasteiger partial charge in [0.15, 0.2) is 5.78 Å². The number of Topliss-reactive ketones (excluding diaryl/α,β-unsaturated/α-hetero) is 1. The second-order valence-corrected chi connectivity index (χ2v) is 5.47. The minimum atomic E-state index is -0.295. The molecule has 0 spiro atoms. The first-order chi connectivity index (χ1) is 9.10. The third-order valence-corrected chi connectivity index (χ3v) is 3.81. The van der Waals surface area contributed by atoms with Crippen molar-refractivity contribution in [1.82, 2.24) is 4.90 Å². The minimum Gasteiger partial charge on any atom is -0.303 e. The smallest absolute Gasteiger partial charge is 0.164 e. The van der Waals surface area contributed by atoms with Crippen LogP contribution in [0.4, 0.5) is 4.39 Å². The summed E-state index contributed by atoms with van der Waals surface area (Å²) in [7, 11) is 0. The minimum absolute atomic E-state index is 0.0353. The molecular weight excluding hydrogens is 241 g/mol. The Bertz CT molecular complexity index is 454.